The average Bonchev–Trinajstić information content (AvgIpc) is 2.62. The molecule has 0 heterocycles. The molecule has 0 aromatic rings. The standard InChI is InChI=1S/C9H18BO2/c1-8(2,11)9(3,4)12-10-7-5-6-7/h7,11H,5-6H2,1-4H3. The lowest BCUT2D eigenvalue weighted by atomic mass is 9.84. The van der Waals surface area contributed by atoms with Crippen LogP contribution in [0.1, 0.15) is 40.5 Å². The molecule has 1 rings (SSSR count). The molecule has 12 heavy (non-hydrogen) atoms. The third-order valence-corrected chi connectivity index (χ3v) is 2.65. The lowest BCUT2D eigenvalue weighted by Gasteiger charge is -2.37. The molecular formula is C9H18BO2. The Bertz CT molecular complexity index is 156. The summed E-state index contributed by atoms with van der Waals surface area (Å²) in [4.78, 5) is 0. The van der Waals surface area contributed by atoms with Crippen LogP contribution in [-0.4, -0.2) is 23.8 Å². The highest BCUT2D eigenvalue weighted by Crippen LogP contribution is 2.37. The highest BCUT2D eigenvalue weighted by molar-refractivity contribution is 6.31. The fourth-order valence-electron chi connectivity index (χ4n) is 0.643. The van der Waals surface area contributed by atoms with E-state index in [4.69, 9.17) is 4.65 Å². The van der Waals surface area contributed by atoms with E-state index in [-0.39, 0.29) is 0 Å². The van der Waals surface area contributed by atoms with Crippen LogP contribution in [0, 0.1) is 0 Å². The molecule has 0 spiro atoms. The van der Waals surface area contributed by atoms with E-state index in [1.54, 1.807) is 13.8 Å². The minimum absolute atomic E-state index is 0.490. The Morgan fingerprint density at radius 2 is 1.75 bits per heavy atom. The van der Waals surface area contributed by atoms with E-state index >= 15 is 0 Å². The summed E-state index contributed by atoms with van der Waals surface area (Å²) in [7, 11) is 1.87. The Hall–Kier alpha value is -0.0151. The zero-order chi connectivity index (χ0) is 9.41. The van der Waals surface area contributed by atoms with Crippen LogP contribution in [0.3, 0.4) is 0 Å². The lowest BCUT2D eigenvalue weighted by molar-refractivity contribution is -0.0905. The van der Waals surface area contributed by atoms with Gasteiger partial charge in [0.25, 0.3) is 7.48 Å². The molecule has 0 saturated heterocycles. The normalized spacial score (nSPS) is 19.4. The van der Waals surface area contributed by atoms with Gasteiger partial charge < -0.3 is 9.76 Å². The summed E-state index contributed by atoms with van der Waals surface area (Å²) in [6.07, 6.45) is 2.48. The molecule has 2 nitrogen and oxygen atoms in total. The fourth-order valence-corrected chi connectivity index (χ4v) is 0.643. The minimum Gasteiger partial charge on any atom is -0.433 e. The Labute approximate surface area is 75.6 Å². The van der Waals surface area contributed by atoms with E-state index in [0.717, 1.165) is 0 Å². The van der Waals surface area contributed by atoms with Gasteiger partial charge in [0.15, 0.2) is 0 Å². The monoisotopic (exact) mass is 169 g/mol. The number of hydrogen-bond acceptors (Lipinski definition) is 2. The molecule has 0 atom stereocenters. The molecule has 69 valence electrons. The molecular weight excluding hydrogens is 151 g/mol. The second kappa shape index (κ2) is 3.04. The van der Waals surface area contributed by atoms with E-state index in [1.165, 1.54) is 12.8 Å². The van der Waals surface area contributed by atoms with E-state index < -0.39 is 11.2 Å². The van der Waals surface area contributed by atoms with E-state index in [9.17, 15) is 5.11 Å². The van der Waals surface area contributed by atoms with Gasteiger partial charge in [-0.1, -0.05) is 12.8 Å². The molecule has 0 amide bonds. The van der Waals surface area contributed by atoms with Crippen LogP contribution in [0.5, 0.6) is 0 Å². The quantitative estimate of drug-likeness (QED) is 0.649. The van der Waals surface area contributed by atoms with Crippen LogP contribution in [-0.2, 0) is 4.65 Å². The number of rotatable bonds is 4. The van der Waals surface area contributed by atoms with E-state index in [1.807, 2.05) is 21.3 Å². The summed E-state index contributed by atoms with van der Waals surface area (Å²) in [5.41, 5.74) is -1.28. The average molecular weight is 169 g/mol. The minimum atomic E-state index is -0.793. The van der Waals surface area contributed by atoms with Crippen LogP contribution < -0.4 is 0 Å². The first-order chi connectivity index (χ1) is 5.33. The van der Waals surface area contributed by atoms with Gasteiger partial charge >= 0.3 is 0 Å². The maximum atomic E-state index is 9.73. The van der Waals surface area contributed by atoms with E-state index in [2.05, 4.69) is 0 Å². The summed E-state index contributed by atoms with van der Waals surface area (Å²) in [6, 6.07) is 0. The van der Waals surface area contributed by atoms with E-state index in [0.29, 0.717) is 5.82 Å². The van der Waals surface area contributed by atoms with Gasteiger partial charge in [-0.2, -0.15) is 0 Å². The first-order valence-corrected chi connectivity index (χ1v) is 4.56. The predicted molar refractivity (Wildman–Crippen MR) is 50.2 cm³/mol. The van der Waals surface area contributed by atoms with Crippen molar-refractivity contribution >= 4 is 7.48 Å². The highest BCUT2D eigenvalue weighted by Gasteiger charge is 2.37. The molecule has 1 saturated carbocycles. The maximum Gasteiger partial charge on any atom is 0.296 e. The fraction of sp³-hybridized carbons (Fsp3) is 1.00. The van der Waals surface area contributed by atoms with Crippen LogP contribution in [0.15, 0.2) is 0 Å². The Balaban J connectivity index is 2.35. The first-order valence-electron chi connectivity index (χ1n) is 4.56. The van der Waals surface area contributed by atoms with Crippen molar-refractivity contribution in [3.05, 3.63) is 0 Å². The van der Waals surface area contributed by atoms with Gasteiger partial charge in [0.2, 0.25) is 0 Å². The Morgan fingerprint density at radius 3 is 2.08 bits per heavy atom. The maximum absolute atomic E-state index is 9.73. The SMILES string of the molecule is CC(C)(O)C(C)(C)O[B]C1CC1. The molecule has 0 unspecified atom stereocenters. The van der Waals surface area contributed by atoms with Crippen LogP contribution in [0.2, 0.25) is 5.82 Å². The molecule has 1 N–H and O–H groups in total. The third kappa shape index (κ3) is 2.49. The molecule has 0 aromatic heterocycles. The van der Waals surface area contributed by atoms with Crippen molar-refractivity contribution in [2.45, 2.75) is 57.6 Å². The molecule has 1 radical (unpaired) electrons. The lowest BCUT2D eigenvalue weighted by Crippen LogP contribution is -2.48. The van der Waals surface area contributed by atoms with Crippen molar-refractivity contribution in [2.75, 3.05) is 0 Å². The van der Waals surface area contributed by atoms with Crippen molar-refractivity contribution in [3.8, 4) is 0 Å². The second-order valence-corrected chi connectivity index (χ2v) is 4.66. The molecule has 3 heteroatoms. The van der Waals surface area contributed by atoms with Gasteiger partial charge in [0, 0.05) is 0 Å². The Morgan fingerprint density at radius 1 is 1.25 bits per heavy atom. The zero-order valence-electron chi connectivity index (χ0n) is 8.42. The summed E-state index contributed by atoms with van der Waals surface area (Å²) in [5.74, 6) is 0.631. The third-order valence-electron chi connectivity index (χ3n) is 2.65. The smallest absolute Gasteiger partial charge is 0.296 e. The van der Waals surface area contributed by atoms with Crippen LogP contribution in [0.25, 0.3) is 0 Å². The summed E-state index contributed by atoms with van der Waals surface area (Å²) < 4.78 is 5.54. The largest absolute Gasteiger partial charge is 0.433 e. The zero-order valence-corrected chi connectivity index (χ0v) is 8.42. The predicted octanol–water partition coefficient (Wildman–Crippen LogP) is 1.75. The molecule has 0 aliphatic heterocycles. The molecule has 1 aliphatic carbocycles. The van der Waals surface area contributed by atoms with Gasteiger partial charge in [0.1, 0.15) is 0 Å². The van der Waals surface area contributed by atoms with Gasteiger partial charge in [0.05, 0.1) is 11.2 Å². The number of aliphatic hydroxyl groups is 1. The van der Waals surface area contributed by atoms with Crippen molar-refractivity contribution < 1.29 is 9.76 Å². The Kier molecular flexibility index (Phi) is 2.55. The molecule has 0 aromatic carbocycles. The van der Waals surface area contributed by atoms with Crippen molar-refractivity contribution in [1.29, 1.82) is 0 Å². The van der Waals surface area contributed by atoms with Gasteiger partial charge in [-0.3, -0.25) is 0 Å². The molecule has 1 fully saturated rings. The molecule has 0 bridgehead atoms. The first kappa shape index (κ1) is 10.1. The number of hydrogen-bond donors (Lipinski definition) is 1. The highest BCUT2D eigenvalue weighted by atomic mass is 16.5. The summed E-state index contributed by atoms with van der Waals surface area (Å²) >= 11 is 0. The molecule has 1 aliphatic rings. The van der Waals surface area contributed by atoms with Crippen LogP contribution >= 0.6 is 0 Å². The van der Waals surface area contributed by atoms with Crippen LogP contribution in [0.4, 0.5) is 0 Å². The summed E-state index contributed by atoms with van der Waals surface area (Å²) in [6.45, 7) is 7.36. The van der Waals surface area contributed by atoms with Crippen molar-refractivity contribution in [2.24, 2.45) is 0 Å². The summed E-state index contributed by atoms with van der Waals surface area (Å²) in [5, 5.41) is 9.73. The van der Waals surface area contributed by atoms with Gasteiger partial charge in [-0.25, -0.2) is 0 Å². The van der Waals surface area contributed by atoms with Gasteiger partial charge in [-0.05, 0) is 33.5 Å². The second-order valence-electron chi connectivity index (χ2n) is 4.66. The topological polar surface area (TPSA) is 29.5 Å². The van der Waals surface area contributed by atoms with Crippen molar-refractivity contribution in [1.82, 2.24) is 0 Å². The van der Waals surface area contributed by atoms with Crippen molar-refractivity contribution in [3.63, 3.8) is 0 Å². The van der Waals surface area contributed by atoms with Gasteiger partial charge in [-0.15, -0.1) is 0 Å².